The number of nitrogens with one attached hydrogen (secondary N) is 4. The second-order valence-corrected chi connectivity index (χ2v) is 11.3. The van der Waals surface area contributed by atoms with Crippen LogP contribution in [-0.2, 0) is 28.6 Å². The Morgan fingerprint density at radius 2 is 1.17 bits per heavy atom. The minimum Gasteiger partial charge on any atom is -0.444 e. The van der Waals surface area contributed by atoms with Crippen molar-refractivity contribution in [2.24, 2.45) is 5.73 Å². The molecule has 0 aliphatic carbocycles. The smallest absolute Gasteiger partial charge is 0.407 e. The van der Waals surface area contributed by atoms with Crippen molar-refractivity contribution >= 4 is 23.8 Å². The molecule has 0 aromatic carbocycles. The summed E-state index contributed by atoms with van der Waals surface area (Å²) >= 11 is 0. The van der Waals surface area contributed by atoms with Gasteiger partial charge in [-0.1, -0.05) is 12.8 Å². The van der Waals surface area contributed by atoms with E-state index in [0.29, 0.717) is 71.9 Å². The Bertz CT molecular complexity index is 731. The molecule has 0 saturated carbocycles. The topological polar surface area (TPSA) is 170 Å². The molecule has 246 valence electrons. The van der Waals surface area contributed by atoms with E-state index in [2.05, 4.69) is 21.3 Å². The fourth-order valence-corrected chi connectivity index (χ4v) is 3.81. The van der Waals surface area contributed by atoms with Gasteiger partial charge in [-0.05, 0) is 79.1 Å². The van der Waals surface area contributed by atoms with Crippen molar-refractivity contribution < 1.29 is 33.4 Å². The van der Waals surface area contributed by atoms with E-state index in [4.69, 9.17) is 19.9 Å². The van der Waals surface area contributed by atoms with Gasteiger partial charge in [0.05, 0.1) is 19.3 Å². The second kappa shape index (κ2) is 26.2. The fraction of sp³-hybridized carbons (Fsp3) is 0.867. The molecule has 42 heavy (non-hydrogen) atoms. The van der Waals surface area contributed by atoms with Gasteiger partial charge in [-0.3, -0.25) is 14.4 Å². The van der Waals surface area contributed by atoms with Crippen LogP contribution in [0.4, 0.5) is 4.79 Å². The molecule has 0 spiro atoms. The molecule has 0 saturated heterocycles. The molecule has 0 radical (unpaired) electrons. The number of rotatable bonds is 26. The first-order valence-corrected chi connectivity index (χ1v) is 15.7. The SMILES string of the molecule is CCOCCOCCCNC(=O)[C@@H](N)CCCCNC(=O)CCCCCNC(=O)CCCCCNC(=O)OC(C)(C)C. The summed E-state index contributed by atoms with van der Waals surface area (Å²) in [6.45, 7) is 12.0. The number of ether oxygens (including phenoxy) is 3. The van der Waals surface area contributed by atoms with Crippen molar-refractivity contribution in [1.29, 1.82) is 0 Å². The first-order chi connectivity index (χ1) is 20.0. The highest BCUT2D eigenvalue weighted by Crippen LogP contribution is 2.07. The third-order valence-electron chi connectivity index (χ3n) is 6.09. The maximum Gasteiger partial charge on any atom is 0.407 e. The molecule has 1 atom stereocenters. The predicted octanol–water partition coefficient (Wildman–Crippen LogP) is 2.92. The van der Waals surface area contributed by atoms with Crippen LogP contribution in [-0.4, -0.2) is 88.1 Å². The molecule has 4 amide bonds. The zero-order valence-electron chi connectivity index (χ0n) is 26.7. The van der Waals surface area contributed by atoms with E-state index in [1.54, 1.807) is 0 Å². The minimum atomic E-state index is -0.548. The Hall–Kier alpha value is -2.44. The van der Waals surface area contributed by atoms with Crippen LogP contribution in [0, 0.1) is 0 Å². The Kier molecular flexibility index (Phi) is 24.7. The Morgan fingerprint density at radius 3 is 1.74 bits per heavy atom. The summed E-state index contributed by atoms with van der Waals surface area (Å²) < 4.78 is 15.8. The Labute approximate surface area is 253 Å². The molecular weight excluding hydrogens is 542 g/mol. The summed E-state index contributed by atoms with van der Waals surface area (Å²) in [5.41, 5.74) is 5.45. The number of carbonyl (C=O) groups is 4. The van der Waals surface area contributed by atoms with E-state index in [9.17, 15) is 19.2 Å². The van der Waals surface area contributed by atoms with Gasteiger partial charge in [0.2, 0.25) is 17.7 Å². The van der Waals surface area contributed by atoms with Gasteiger partial charge >= 0.3 is 6.09 Å². The fourth-order valence-electron chi connectivity index (χ4n) is 3.81. The van der Waals surface area contributed by atoms with Gasteiger partial charge in [0.1, 0.15) is 5.60 Å². The molecule has 0 bridgehead atoms. The third kappa shape index (κ3) is 27.7. The van der Waals surface area contributed by atoms with Crippen LogP contribution >= 0.6 is 0 Å². The number of hydrogen-bond acceptors (Lipinski definition) is 8. The average molecular weight is 602 g/mol. The van der Waals surface area contributed by atoms with Gasteiger partial charge in [0, 0.05) is 52.2 Å². The highest BCUT2D eigenvalue weighted by Gasteiger charge is 2.15. The first kappa shape index (κ1) is 39.6. The largest absolute Gasteiger partial charge is 0.444 e. The molecule has 0 aliphatic rings. The highest BCUT2D eigenvalue weighted by atomic mass is 16.6. The van der Waals surface area contributed by atoms with E-state index in [-0.39, 0.29) is 17.7 Å². The van der Waals surface area contributed by atoms with Gasteiger partial charge in [0.25, 0.3) is 0 Å². The summed E-state index contributed by atoms with van der Waals surface area (Å²) in [6, 6.07) is -0.548. The van der Waals surface area contributed by atoms with Gasteiger partial charge in [0.15, 0.2) is 0 Å². The summed E-state index contributed by atoms with van der Waals surface area (Å²) in [5, 5.41) is 11.4. The lowest BCUT2D eigenvalue weighted by Crippen LogP contribution is -2.41. The lowest BCUT2D eigenvalue weighted by atomic mass is 10.1. The monoisotopic (exact) mass is 601 g/mol. The van der Waals surface area contributed by atoms with Crippen molar-refractivity contribution in [1.82, 2.24) is 21.3 Å². The van der Waals surface area contributed by atoms with E-state index >= 15 is 0 Å². The van der Waals surface area contributed by atoms with Gasteiger partial charge < -0.3 is 41.2 Å². The second-order valence-electron chi connectivity index (χ2n) is 11.3. The number of unbranched alkanes of at least 4 members (excludes halogenated alkanes) is 5. The minimum absolute atomic E-state index is 0.0192. The standard InChI is InChI=1S/C30H59N5O7/c1-5-40-23-24-41-22-14-21-34-28(38)25(31)15-10-13-19-33-27(37)16-8-6-11-18-32-26(36)17-9-7-12-20-35-29(39)42-30(2,3)4/h25H,5-24,31H2,1-4H3,(H,32,36)(H,33,37)(H,34,38)(H,35,39)/t25-/m0/s1. The van der Waals surface area contributed by atoms with Crippen molar-refractivity contribution in [3.63, 3.8) is 0 Å². The number of carbonyl (C=O) groups excluding carboxylic acids is 4. The molecule has 12 heteroatoms. The van der Waals surface area contributed by atoms with Crippen molar-refractivity contribution in [2.75, 3.05) is 52.6 Å². The Balaban J connectivity index is 3.53. The van der Waals surface area contributed by atoms with Gasteiger partial charge in [-0.25, -0.2) is 4.79 Å². The quantitative estimate of drug-likeness (QED) is 0.0943. The van der Waals surface area contributed by atoms with Crippen LogP contribution in [0.3, 0.4) is 0 Å². The third-order valence-corrected chi connectivity index (χ3v) is 6.09. The van der Waals surface area contributed by atoms with Crippen LogP contribution < -0.4 is 27.0 Å². The van der Waals surface area contributed by atoms with Crippen LogP contribution in [0.5, 0.6) is 0 Å². The molecule has 0 aromatic heterocycles. The number of alkyl carbamates (subject to hydrolysis) is 1. The highest BCUT2D eigenvalue weighted by molar-refractivity contribution is 5.81. The zero-order valence-corrected chi connectivity index (χ0v) is 26.7. The van der Waals surface area contributed by atoms with E-state index < -0.39 is 17.7 Å². The zero-order chi connectivity index (χ0) is 31.5. The molecule has 0 aromatic rings. The normalized spacial score (nSPS) is 11.9. The number of amides is 4. The van der Waals surface area contributed by atoms with Gasteiger partial charge in [-0.15, -0.1) is 0 Å². The molecule has 0 rings (SSSR count). The van der Waals surface area contributed by atoms with Crippen LogP contribution in [0.25, 0.3) is 0 Å². The number of nitrogens with two attached hydrogens (primary N) is 1. The van der Waals surface area contributed by atoms with Crippen molar-refractivity contribution in [2.45, 2.75) is 116 Å². The molecule has 0 fully saturated rings. The molecule has 0 aliphatic heterocycles. The first-order valence-electron chi connectivity index (χ1n) is 15.7. The lowest BCUT2D eigenvalue weighted by Gasteiger charge is -2.19. The predicted molar refractivity (Wildman–Crippen MR) is 164 cm³/mol. The van der Waals surface area contributed by atoms with Crippen molar-refractivity contribution in [3.05, 3.63) is 0 Å². The lowest BCUT2D eigenvalue weighted by molar-refractivity contribution is -0.123. The maximum atomic E-state index is 12.0. The number of hydrogen-bond donors (Lipinski definition) is 5. The summed E-state index contributed by atoms with van der Waals surface area (Å²) in [6.07, 6.45) is 8.24. The van der Waals surface area contributed by atoms with E-state index in [1.807, 2.05) is 27.7 Å². The summed E-state index contributed by atoms with van der Waals surface area (Å²) in [5.74, 6) is -0.108. The molecule has 6 N–H and O–H groups in total. The molecular formula is C30H59N5O7. The molecule has 0 unspecified atom stereocenters. The van der Waals surface area contributed by atoms with Gasteiger partial charge in [-0.2, -0.15) is 0 Å². The Morgan fingerprint density at radius 1 is 0.643 bits per heavy atom. The average Bonchev–Trinajstić information content (AvgIpc) is 2.92. The van der Waals surface area contributed by atoms with Crippen LogP contribution in [0.1, 0.15) is 105 Å². The van der Waals surface area contributed by atoms with Crippen molar-refractivity contribution in [3.8, 4) is 0 Å². The summed E-state index contributed by atoms with van der Waals surface area (Å²) in [4.78, 5) is 47.6. The molecule has 12 nitrogen and oxygen atoms in total. The van der Waals surface area contributed by atoms with E-state index in [0.717, 1.165) is 57.8 Å². The van der Waals surface area contributed by atoms with Crippen LogP contribution in [0.15, 0.2) is 0 Å². The van der Waals surface area contributed by atoms with E-state index in [1.165, 1.54) is 0 Å². The maximum absolute atomic E-state index is 12.0. The summed E-state index contributed by atoms with van der Waals surface area (Å²) in [7, 11) is 0. The van der Waals surface area contributed by atoms with Crippen LogP contribution in [0.2, 0.25) is 0 Å². The molecule has 0 heterocycles.